The number of nitrogens with one attached hydrogen (secondary N) is 1. The molecule has 134 valence electrons. The number of nitrogens with zero attached hydrogens (tertiary/aromatic N) is 1. The smallest absolute Gasteiger partial charge is 0.260 e. The number of rotatable bonds is 7. The normalized spacial score (nSPS) is 22.8. The fourth-order valence-electron chi connectivity index (χ4n) is 3.40. The number of benzene rings is 1. The van der Waals surface area contributed by atoms with Crippen molar-refractivity contribution in [1.29, 1.82) is 0 Å². The lowest BCUT2D eigenvalue weighted by molar-refractivity contribution is -0.127. The van der Waals surface area contributed by atoms with Crippen LogP contribution in [0.5, 0.6) is 5.75 Å². The maximum Gasteiger partial charge on any atom is 0.260 e. The van der Waals surface area contributed by atoms with Crippen LogP contribution in [0, 0.1) is 11.8 Å². The van der Waals surface area contributed by atoms with Crippen LogP contribution in [0.15, 0.2) is 24.3 Å². The number of carbonyl (C=O) groups excluding carboxylic acids is 1. The van der Waals surface area contributed by atoms with Crippen LogP contribution in [0.4, 0.5) is 0 Å². The second kappa shape index (κ2) is 9.28. The summed E-state index contributed by atoms with van der Waals surface area (Å²) in [4.78, 5) is 14.6. The van der Waals surface area contributed by atoms with E-state index in [9.17, 15) is 4.79 Å². The third-order valence-corrected chi connectivity index (χ3v) is 4.64. The van der Waals surface area contributed by atoms with Crippen LogP contribution >= 0.6 is 11.6 Å². The maximum absolute atomic E-state index is 12.1. The van der Waals surface area contributed by atoms with Crippen molar-refractivity contribution < 1.29 is 9.53 Å². The Bertz CT molecular complexity index is 511. The summed E-state index contributed by atoms with van der Waals surface area (Å²) in [6, 6.07) is 7.04. The number of amides is 1. The molecule has 1 aliphatic rings. The van der Waals surface area contributed by atoms with Crippen LogP contribution in [0.25, 0.3) is 0 Å². The molecule has 5 heteroatoms. The van der Waals surface area contributed by atoms with Crippen molar-refractivity contribution in [3.63, 3.8) is 0 Å². The van der Waals surface area contributed by atoms with Crippen LogP contribution in [-0.2, 0) is 4.79 Å². The highest BCUT2D eigenvalue weighted by molar-refractivity contribution is 6.30. The lowest BCUT2D eigenvalue weighted by Gasteiger charge is -2.34. The molecule has 3 atom stereocenters. The minimum Gasteiger partial charge on any atom is -0.481 e. The molecule has 2 rings (SSSR count). The highest BCUT2D eigenvalue weighted by Gasteiger charge is 2.21. The highest BCUT2D eigenvalue weighted by atomic mass is 35.5. The first-order chi connectivity index (χ1) is 11.4. The predicted octanol–water partition coefficient (Wildman–Crippen LogP) is 3.59. The van der Waals surface area contributed by atoms with E-state index < -0.39 is 6.10 Å². The molecule has 0 radical (unpaired) electrons. The lowest BCUT2D eigenvalue weighted by atomic mass is 9.92. The summed E-state index contributed by atoms with van der Waals surface area (Å²) in [5, 5.41) is 3.61. The van der Waals surface area contributed by atoms with Gasteiger partial charge in [0.25, 0.3) is 5.91 Å². The Morgan fingerprint density at radius 2 is 1.92 bits per heavy atom. The van der Waals surface area contributed by atoms with Crippen LogP contribution in [0.1, 0.15) is 33.6 Å². The molecule has 1 aromatic rings. The van der Waals surface area contributed by atoms with Crippen molar-refractivity contribution in [3.05, 3.63) is 29.3 Å². The van der Waals surface area contributed by atoms with Gasteiger partial charge in [-0.15, -0.1) is 0 Å². The van der Waals surface area contributed by atoms with Crippen LogP contribution in [-0.4, -0.2) is 43.1 Å². The average molecular weight is 353 g/mol. The van der Waals surface area contributed by atoms with E-state index in [1.807, 2.05) is 0 Å². The Kier molecular flexibility index (Phi) is 7.38. The zero-order valence-electron chi connectivity index (χ0n) is 14.9. The summed E-state index contributed by atoms with van der Waals surface area (Å²) >= 11 is 5.84. The van der Waals surface area contributed by atoms with E-state index in [0.717, 1.165) is 24.8 Å². The molecule has 1 aromatic carbocycles. The summed E-state index contributed by atoms with van der Waals surface area (Å²) in [7, 11) is 0. The number of hydrogen-bond acceptors (Lipinski definition) is 3. The summed E-state index contributed by atoms with van der Waals surface area (Å²) in [5.74, 6) is 2.12. The van der Waals surface area contributed by atoms with E-state index in [2.05, 4.69) is 24.1 Å². The Morgan fingerprint density at radius 3 is 2.54 bits per heavy atom. The highest BCUT2D eigenvalue weighted by Crippen LogP contribution is 2.20. The van der Waals surface area contributed by atoms with Gasteiger partial charge in [-0.2, -0.15) is 0 Å². The van der Waals surface area contributed by atoms with Gasteiger partial charge in [-0.3, -0.25) is 4.79 Å². The molecule has 1 fully saturated rings. The molecule has 0 bridgehead atoms. The molecule has 0 saturated carbocycles. The molecular weight excluding hydrogens is 324 g/mol. The van der Waals surface area contributed by atoms with Gasteiger partial charge in [-0.1, -0.05) is 25.4 Å². The van der Waals surface area contributed by atoms with Gasteiger partial charge in [0, 0.05) is 24.7 Å². The Morgan fingerprint density at radius 1 is 1.29 bits per heavy atom. The van der Waals surface area contributed by atoms with Crippen molar-refractivity contribution in [2.75, 3.05) is 26.2 Å². The Hall–Kier alpha value is -1.26. The first-order valence-electron chi connectivity index (χ1n) is 8.86. The number of carbonyl (C=O) groups is 1. The Labute approximate surface area is 150 Å². The van der Waals surface area contributed by atoms with E-state index in [4.69, 9.17) is 16.3 Å². The van der Waals surface area contributed by atoms with Crippen LogP contribution < -0.4 is 10.1 Å². The second-order valence-electron chi connectivity index (χ2n) is 7.06. The molecule has 3 unspecified atom stereocenters. The van der Waals surface area contributed by atoms with Crippen molar-refractivity contribution in [1.82, 2.24) is 10.2 Å². The van der Waals surface area contributed by atoms with Crippen molar-refractivity contribution in [3.8, 4) is 5.75 Å². The van der Waals surface area contributed by atoms with Gasteiger partial charge >= 0.3 is 0 Å². The molecule has 0 spiro atoms. The molecule has 1 saturated heterocycles. The summed E-state index contributed by atoms with van der Waals surface area (Å²) in [6.45, 7) is 10.5. The number of likely N-dealkylation sites (tertiary alicyclic amines) is 1. The van der Waals surface area contributed by atoms with Gasteiger partial charge in [0.1, 0.15) is 5.75 Å². The fraction of sp³-hybridized carbons (Fsp3) is 0.632. The monoisotopic (exact) mass is 352 g/mol. The van der Waals surface area contributed by atoms with Crippen molar-refractivity contribution >= 4 is 17.5 Å². The molecule has 1 N–H and O–H groups in total. The van der Waals surface area contributed by atoms with E-state index in [1.54, 1.807) is 31.2 Å². The SMILES string of the molecule is CC1CC(C)CN(CCCNC(=O)C(C)Oc2ccc(Cl)cc2)C1. The maximum atomic E-state index is 12.1. The molecule has 4 nitrogen and oxygen atoms in total. The third kappa shape index (κ3) is 6.33. The Balaban J connectivity index is 1.64. The van der Waals surface area contributed by atoms with Crippen LogP contribution in [0.3, 0.4) is 0 Å². The standard InChI is InChI=1S/C19H29ClN2O2/c1-14-11-15(2)13-22(12-14)10-4-9-21-19(23)16(3)24-18-7-5-17(20)6-8-18/h5-8,14-16H,4,9-13H2,1-3H3,(H,21,23). The van der Waals surface area contributed by atoms with Gasteiger partial charge in [0.05, 0.1) is 0 Å². The summed E-state index contributed by atoms with van der Waals surface area (Å²) < 4.78 is 5.63. The first-order valence-corrected chi connectivity index (χ1v) is 9.24. The van der Waals surface area contributed by atoms with Gasteiger partial charge < -0.3 is 15.0 Å². The van der Waals surface area contributed by atoms with Crippen molar-refractivity contribution in [2.24, 2.45) is 11.8 Å². The van der Waals surface area contributed by atoms with Gasteiger partial charge in [-0.05, 0) is 62.4 Å². The van der Waals surface area contributed by atoms with E-state index in [-0.39, 0.29) is 5.91 Å². The minimum absolute atomic E-state index is 0.0784. The molecule has 1 heterocycles. The quantitative estimate of drug-likeness (QED) is 0.762. The third-order valence-electron chi connectivity index (χ3n) is 4.39. The zero-order valence-corrected chi connectivity index (χ0v) is 15.7. The van der Waals surface area contributed by atoms with Crippen LogP contribution in [0.2, 0.25) is 5.02 Å². The molecule has 0 aliphatic carbocycles. The number of halogens is 1. The lowest BCUT2D eigenvalue weighted by Crippen LogP contribution is -2.41. The number of piperidine rings is 1. The summed E-state index contributed by atoms with van der Waals surface area (Å²) in [5.41, 5.74) is 0. The summed E-state index contributed by atoms with van der Waals surface area (Å²) in [6.07, 6.45) is 1.78. The van der Waals surface area contributed by atoms with Gasteiger partial charge in [-0.25, -0.2) is 0 Å². The number of ether oxygens (including phenoxy) is 1. The first kappa shape index (κ1) is 19.1. The van der Waals surface area contributed by atoms with Crippen molar-refractivity contribution in [2.45, 2.75) is 39.7 Å². The zero-order chi connectivity index (χ0) is 17.5. The van der Waals surface area contributed by atoms with E-state index in [0.29, 0.717) is 17.3 Å². The topological polar surface area (TPSA) is 41.6 Å². The molecule has 1 amide bonds. The molecule has 1 aliphatic heterocycles. The molecule has 24 heavy (non-hydrogen) atoms. The van der Waals surface area contributed by atoms with E-state index >= 15 is 0 Å². The van der Waals surface area contributed by atoms with Gasteiger partial charge in [0.15, 0.2) is 6.10 Å². The average Bonchev–Trinajstić information content (AvgIpc) is 2.52. The predicted molar refractivity (Wildman–Crippen MR) is 98.6 cm³/mol. The van der Waals surface area contributed by atoms with E-state index in [1.165, 1.54) is 19.5 Å². The largest absolute Gasteiger partial charge is 0.481 e. The molecular formula is C19H29ClN2O2. The number of hydrogen-bond donors (Lipinski definition) is 1. The van der Waals surface area contributed by atoms with Gasteiger partial charge in [0.2, 0.25) is 0 Å². The molecule has 0 aromatic heterocycles. The minimum atomic E-state index is -0.513. The fourth-order valence-corrected chi connectivity index (χ4v) is 3.53. The second-order valence-corrected chi connectivity index (χ2v) is 7.50.